The second kappa shape index (κ2) is 11.0. The molecule has 1 heterocycles. The average molecular weight is 472 g/mol. The fourth-order valence-corrected chi connectivity index (χ4v) is 3.39. The molecular formula is C23H24F4O6. The molecule has 6 nitrogen and oxygen atoms in total. The molecule has 0 bridgehead atoms. The molecule has 33 heavy (non-hydrogen) atoms. The van der Waals surface area contributed by atoms with E-state index in [-0.39, 0.29) is 41.9 Å². The molecule has 0 aromatic heterocycles. The standard InChI is InChI=1S/C23H24F4O6/c1-30-22(29)17-12-14(16-13-15(5-7-18(16)24)21(28)23(25,26)27)6-8-19(17)31-10-11-33-20-4-2-3-9-32-20/h5-8,12-13,20-21,28H,2-4,9-11H2,1H3. The highest BCUT2D eigenvalue weighted by Gasteiger charge is 2.39. The van der Waals surface area contributed by atoms with Crippen molar-refractivity contribution in [1.29, 1.82) is 0 Å². The first-order chi connectivity index (χ1) is 15.7. The molecule has 0 radical (unpaired) electrons. The summed E-state index contributed by atoms with van der Waals surface area (Å²) in [6, 6.07) is 6.62. The summed E-state index contributed by atoms with van der Waals surface area (Å²) in [4.78, 5) is 12.3. The Morgan fingerprint density at radius 3 is 2.64 bits per heavy atom. The Kier molecular flexibility index (Phi) is 8.28. The number of alkyl halides is 3. The predicted molar refractivity (Wildman–Crippen MR) is 109 cm³/mol. The summed E-state index contributed by atoms with van der Waals surface area (Å²) in [6.07, 6.45) is -5.19. The topological polar surface area (TPSA) is 74.2 Å². The number of rotatable bonds is 8. The van der Waals surface area contributed by atoms with Crippen molar-refractivity contribution >= 4 is 5.97 Å². The van der Waals surface area contributed by atoms with Crippen LogP contribution in [0.15, 0.2) is 36.4 Å². The SMILES string of the molecule is COC(=O)c1cc(-c2cc(C(O)C(F)(F)F)ccc2F)ccc1OCCOC1CCCCO1. The van der Waals surface area contributed by atoms with E-state index in [1.165, 1.54) is 18.2 Å². The highest BCUT2D eigenvalue weighted by Crippen LogP contribution is 2.36. The zero-order chi connectivity index (χ0) is 24.0. The predicted octanol–water partition coefficient (Wildman–Crippen LogP) is 4.80. The molecule has 2 unspecified atom stereocenters. The molecule has 1 aliphatic heterocycles. The smallest absolute Gasteiger partial charge is 0.418 e. The number of hydrogen-bond donors (Lipinski definition) is 1. The molecule has 0 aliphatic carbocycles. The Bertz CT molecular complexity index is 956. The van der Waals surface area contributed by atoms with Gasteiger partial charge in [0.1, 0.15) is 23.7 Å². The van der Waals surface area contributed by atoms with E-state index in [1.54, 1.807) is 0 Å². The first-order valence-electron chi connectivity index (χ1n) is 10.3. The maximum absolute atomic E-state index is 14.4. The Hall–Kier alpha value is -2.69. The molecule has 10 heteroatoms. The number of methoxy groups -OCH3 is 1. The summed E-state index contributed by atoms with van der Waals surface area (Å²) >= 11 is 0. The maximum Gasteiger partial charge on any atom is 0.418 e. The molecule has 2 atom stereocenters. The van der Waals surface area contributed by atoms with Gasteiger partial charge in [-0.2, -0.15) is 13.2 Å². The van der Waals surface area contributed by atoms with Crippen LogP contribution in [0.4, 0.5) is 17.6 Å². The summed E-state index contributed by atoms with van der Waals surface area (Å²) < 4.78 is 74.4. The third-order valence-electron chi connectivity index (χ3n) is 5.09. The van der Waals surface area contributed by atoms with Crippen molar-refractivity contribution in [1.82, 2.24) is 0 Å². The van der Waals surface area contributed by atoms with Gasteiger partial charge in [-0.05, 0) is 54.7 Å². The van der Waals surface area contributed by atoms with Gasteiger partial charge in [0.25, 0.3) is 0 Å². The minimum absolute atomic E-state index is 0.0370. The van der Waals surface area contributed by atoms with Crippen LogP contribution in [0.5, 0.6) is 5.75 Å². The van der Waals surface area contributed by atoms with Crippen LogP contribution in [0.2, 0.25) is 0 Å². The summed E-state index contributed by atoms with van der Waals surface area (Å²) in [5.74, 6) is -1.44. The third kappa shape index (κ3) is 6.43. The number of benzene rings is 2. The van der Waals surface area contributed by atoms with Crippen molar-refractivity contribution in [3.8, 4) is 16.9 Å². The monoisotopic (exact) mass is 472 g/mol. The molecule has 1 aliphatic rings. The number of halogens is 4. The van der Waals surface area contributed by atoms with Gasteiger partial charge in [-0.3, -0.25) is 0 Å². The quantitative estimate of drug-likeness (QED) is 0.338. The minimum Gasteiger partial charge on any atom is -0.490 e. The van der Waals surface area contributed by atoms with Gasteiger partial charge < -0.3 is 24.1 Å². The molecule has 0 saturated carbocycles. The fourth-order valence-electron chi connectivity index (χ4n) is 3.39. The van der Waals surface area contributed by atoms with Crippen LogP contribution in [-0.4, -0.2) is 50.5 Å². The van der Waals surface area contributed by atoms with E-state index in [0.717, 1.165) is 44.6 Å². The van der Waals surface area contributed by atoms with Gasteiger partial charge in [-0.25, -0.2) is 9.18 Å². The Morgan fingerprint density at radius 1 is 1.18 bits per heavy atom. The van der Waals surface area contributed by atoms with Gasteiger partial charge >= 0.3 is 12.1 Å². The Labute approximate surface area is 188 Å². The molecule has 3 rings (SSSR count). The van der Waals surface area contributed by atoms with E-state index in [2.05, 4.69) is 0 Å². The fraction of sp³-hybridized carbons (Fsp3) is 0.435. The van der Waals surface area contributed by atoms with Crippen molar-refractivity contribution in [2.24, 2.45) is 0 Å². The lowest BCUT2D eigenvalue weighted by atomic mass is 9.98. The molecule has 2 aromatic carbocycles. The number of aliphatic hydroxyl groups excluding tert-OH is 1. The highest BCUT2D eigenvalue weighted by molar-refractivity contribution is 5.94. The summed E-state index contributed by atoms with van der Waals surface area (Å²) in [5, 5.41) is 9.50. The normalized spacial score (nSPS) is 17.5. The zero-order valence-electron chi connectivity index (χ0n) is 17.9. The van der Waals surface area contributed by atoms with E-state index in [0.29, 0.717) is 6.61 Å². The molecule has 0 spiro atoms. The molecule has 2 aromatic rings. The van der Waals surface area contributed by atoms with Crippen molar-refractivity contribution in [2.75, 3.05) is 26.9 Å². The zero-order valence-corrected chi connectivity index (χ0v) is 17.9. The summed E-state index contributed by atoms with van der Waals surface area (Å²) in [7, 11) is 1.16. The van der Waals surface area contributed by atoms with Crippen molar-refractivity contribution in [3.05, 3.63) is 53.3 Å². The molecular weight excluding hydrogens is 448 g/mol. The van der Waals surface area contributed by atoms with Crippen LogP contribution in [0.25, 0.3) is 11.1 Å². The molecule has 0 amide bonds. The number of carbonyl (C=O) groups is 1. The van der Waals surface area contributed by atoms with E-state index in [9.17, 15) is 27.5 Å². The molecule has 1 N–H and O–H groups in total. The number of aliphatic hydroxyl groups is 1. The lowest BCUT2D eigenvalue weighted by Gasteiger charge is -2.22. The van der Waals surface area contributed by atoms with Gasteiger partial charge in [0.15, 0.2) is 12.4 Å². The minimum atomic E-state index is -4.91. The van der Waals surface area contributed by atoms with Crippen LogP contribution in [0.3, 0.4) is 0 Å². The van der Waals surface area contributed by atoms with E-state index >= 15 is 0 Å². The summed E-state index contributed by atoms with van der Waals surface area (Å²) in [5.41, 5.74) is -0.667. The van der Waals surface area contributed by atoms with E-state index in [1.807, 2.05) is 0 Å². The number of ether oxygens (including phenoxy) is 4. The number of hydrogen-bond acceptors (Lipinski definition) is 6. The van der Waals surface area contributed by atoms with Crippen molar-refractivity contribution in [2.45, 2.75) is 37.8 Å². The highest BCUT2D eigenvalue weighted by atomic mass is 19.4. The van der Waals surface area contributed by atoms with Crippen LogP contribution >= 0.6 is 0 Å². The lowest BCUT2D eigenvalue weighted by Crippen LogP contribution is -2.24. The van der Waals surface area contributed by atoms with Gasteiger partial charge in [0.05, 0.1) is 13.7 Å². The summed E-state index contributed by atoms with van der Waals surface area (Å²) in [6.45, 7) is 0.946. The molecule has 1 saturated heterocycles. The molecule has 180 valence electrons. The molecule has 1 fully saturated rings. The van der Waals surface area contributed by atoms with Crippen molar-refractivity contribution in [3.63, 3.8) is 0 Å². The Balaban J connectivity index is 1.79. The van der Waals surface area contributed by atoms with Gasteiger partial charge in [0.2, 0.25) is 0 Å². The lowest BCUT2D eigenvalue weighted by molar-refractivity contribution is -0.206. The number of carbonyl (C=O) groups excluding carboxylic acids is 1. The second-order valence-electron chi connectivity index (χ2n) is 7.40. The van der Waals surface area contributed by atoms with Crippen molar-refractivity contribution < 1.29 is 46.4 Å². The first-order valence-corrected chi connectivity index (χ1v) is 10.3. The van der Waals surface area contributed by atoms with Gasteiger partial charge in [-0.1, -0.05) is 12.1 Å². The van der Waals surface area contributed by atoms with Crippen LogP contribution < -0.4 is 4.74 Å². The third-order valence-corrected chi connectivity index (χ3v) is 5.09. The van der Waals surface area contributed by atoms with Crippen LogP contribution in [-0.2, 0) is 14.2 Å². The number of esters is 1. The maximum atomic E-state index is 14.4. The van der Waals surface area contributed by atoms with E-state index in [4.69, 9.17) is 18.9 Å². The Morgan fingerprint density at radius 2 is 1.97 bits per heavy atom. The second-order valence-corrected chi connectivity index (χ2v) is 7.40. The van der Waals surface area contributed by atoms with Crippen LogP contribution in [0, 0.1) is 5.82 Å². The van der Waals surface area contributed by atoms with Gasteiger partial charge in [-0.15, -0.1) is 0 Å². The largest absolute Gasteiger partial charge is 0.490 e. The van der Waals surface area contributed by atoms with Crippen LogP contribution in [0.1, 0.15) is 41.3 Å². The van der Waals surface area contributed by atoms with Gasteiger partial charge in [0, 0.05) is 12.2 Å². The average Bonchev–Trinajstić information content (AvgIpc) is 2.81. The van der Waals surface area contributed by atoms with E-state index < -0.39 is 29.6 Å². The first kappa shape index (κ1) is 24.9.